The Bertz CT molecular complexity index is 480. The predicted molar refractivity (Wildman–Crippen MR) is 90.0 cm³/mol. The summed E-state index contributed by atoms with van der Waals surface area (Å²) in [5, 5.41) is 6.16. The molecule has 1 aliphatic carbocycles. The highest BCUT2D eigenvalue weighted by molar-refractivity contribution is 7.99. The van der Waals surface area contributed by atoms with Crippen LogP contribution < -0.4 is 15.4 Å². The lowest BCUT2D eigenvalue weighted by Crippen LogP contribution is -2.41. The lowest BCUT2D eigenvalue weighted by Gasteiger charge is -2.23. The number of ether oxygens (including phenoxy) is 1. The number of nitrogens with one attached hydrogen (secondary N) is 2. The Morgan fingerprint density at radius 2 is 2.00 bits per heavy atom. The summed E-state index contributed by atoms with van der Waals surface area (Å²) in [4.78, 5) is 11.9. The molecule has 2 N–H and O–H groups in total. The monoisotopic (exact) mass is 320 g/mol. The van der Waals surface area contributed by atoms with Crippen LogP contribution in [0.1, 0.15) is 37.7 Å². The van der Waals surface area contributed by atoms with Crippen molar-refractivity contribution < 1.29 is 9.53 Å². The minimum absolute atomic E-state index is 0.0427. The number of benzene rings is 1. The normalized spacial score (nSPS) is 22.5. The van der Waals surface area contributed by atoms with Crippen LogP contribution in [-0.4, -0.2) is 29.7 Å². The molecule has 0 radical (unpaired) electrons. The number of amides is 1. The fourth-order valence-corrected chi connectivity index (χ4v) is 3.88. The molecule has 120 valence electrons. The minimum Gasteiger partial charge on any atom is -0.490 e. The van der Waals surface area contributed by atoms with Crippen molar-refractivity contribution in [3.05, 3.63) is 29.8 Å². The second kappa shape index (κ2) is 7.88. The largest absolute Gasteiger partial charge is 0.490 e. The summed E-state index contributed by atoms with van der Waals surface area (Å²) in [6.45, 7) is 0.575. The molecule has 1 saturated heterocycles. The first-order valence-electron chi connectivity index (χ1n) is 8.16. The van der Waals surface area contributed by atoms with E-state index in [1.807, 2.05) is 24.3 Å². The zero-order chi connectivity index (χ0) is 15.2. The Morgan fingerprint density at radius 1 is 1.23 bits per heavy atom. The molecule has 22 heavy (non-hydrogen) atoms. The fourth-order valence-electron chi connectivity index (χ4n) is 2.94. The molecule has 3 rings (SSSR count). The fraction of sp³-hybridized carbons (Fsp3) is 0.588. The number of hydrogen-bond donors (Lipinski definition) is 2. The molecule has 0 bridgehead atoms. The van der Waals surface area contributed by atoms with Crippen LogP contribution in [0.2, 0.25) is 0 Å². The van der Waals surface area contributed by atoms with E-state index in [-0.39, 0.29) is 11.9 Å². The van der Waals surface area contributed by atoms with Gasteiger partial charge < -0.3 is 10.1 Å². The molecule has 1 atom stereocenters. The SMILES string of the molecule is O=C(NCc1ccc(OC2CCCCC2)cc1)C1CSCN1. The third-order valence-electron chi connectivity index (χ3n) is 4.28. The number of carbonyl (C=O) groups excluding carboxylic acids is 1. The number of rotatable bonds is 5. The van der Waals surface area contributed by atoms with E-state index < -0.39 is 0 Å². The maximum absolute atomic E-state index is 11.9. The molecule has 1 amide bonds. The zero-order valence-corrected chi connectivity index (χ0v) is 13.7. The molecular formula is C17H24N2O2S. The van der Waals surface area contributed by atoms with Gasteiger partial charge in [-0.3, -0.25) is 10.1 Å². The molecule has 1 saturated carbocycles. The van der Waals surface area contributed by atoms with Crippen LogP contribution in [0.5, 0.6) is 5.75 Å². The van der Waals surface area contributed by atoms with Gasteiger partial charge in [0.25, 0.3) is 0 Å². The quantitative estimate of drug-likeness (QED) is 0.876. The molecule has 1 aromatic rings. The van der Waals surface area contributed by atoms with Crippen LogP contribution in [0.4, 0.5) is 0 Å². The number of thioether (sulfide) groups is 1. The second-order valence-corrected chi connectivity index (χ2v) is 7.04. The Kier molecular flexibility index (Phi) is 5.62. The van der Waals surface area contributed by atoms with Crippen molar-refractivity contribution in [1.29, 1.82) is 0 Å². The molecule has 5 heteroatoms. The third kappa shape index (κ3) is 4.40. The average Bonchev–Trinajstić information content (AvgIpc) is 3.09. The van der Waals surface area contributed by atoms with Crippen molar-refractivity contribution in [3.8, 4) is 5.75 Å². The van der Waals surface area contributed by atoms with Crippen LogP contribution in [0.25, 0.3) is 0 Å². The van der Waals surface area contributed by atoms with Crippen LogP contribution in [0.15, 0.2) is 24.3 Å². The standard InChI is InChI=1S/C17H24N2O2S/c20-17(16-11-22-12-19-16)18-10-13-6-8-15(9-7-13)21-14-4-2-1-3-5-14/h6-9,14,16,19H,1-5,10-12H2,(H,18,20). The molecule has 1 aromatic carbocycles. The van der Waals surface area contributed by atoms with Gasteiger partial charge in [-0.2, -0.15) is 0 Å². The summed E-state index contributed by atoms with van der Waals surface area (Å²) in [5.74, 6) is 2.76. The minimum atomic E-state index is -0.0427. The molecular weight excluding hydrogens is 296 g/mol. The van der Waals surface area contributed by atoms with Gasteiger partial charge in [-0.05, 0) is 43.4 Å². The van der Waals surface area contributed by atoms with Crippen molar-refractivity contribution in [2.45, 2.75) is 50.8 Å². The van der Waals surface area contributed by atoms with Crippen molar-refractivity contribution in [2.24, 2.45) is 0 Å². The van der Waals surface area contributed by atoms with Crippen molar-refractivity contribution in [2.75, 3.05) is 11.6 Å². The highest BCUT2D eigenvalue weighted by atomic mass is 32.2. The van der Waals surface area contributed by atoms with E-state index in [4.69, 9.17) is 4.74 Å². The lowest BCUT2D eigenvalue weighted by molar-refractivity contribution is -0.122. The van der Waals surface area contributed by atoms with Gasteiger partial charge in [-0.1, -0.05) is 18.6 Å². The van der Waals surface area contributed by atoms with Gasteiger partial charge in [-0.15, -0.1) is 11.8 Å². The Hall–Kier alpha value is -1.20. The summed E-state index contributed by atoms with van der Waals surface area (Å²) in [6.07, 6.45) is 6.62. The van der Waals surface area contributed by atoms with E-state index in [0.29, 0.717) is 12.6 Å². The van der Waals surface area contributed by atoms with Gasteiger partial charge in [0, 0.05) is 18.2 Å². The van der Waals surface area contributed by atoms with Crippen LogP contribution >= 0.6 is 11.8 Å². The molecule has 1 aliphatic heterocycles. The molecule has 1 heterocycles. The Balaban J connectivity index is 1.45. The molecule has 0 aromatic heterocycles. The summed E-state index contributed by atoms with van der Waals surface area (Å²) < 4.78 is 6.02. The third-order valence-corrected chi connectivity index (χ3v) is 5.22. The number of hydrogen-bond acceptors (Lipinski definition) is 4. The van der Waals surface area contributed by atoms with Crippen molar-refractivity contribution >= 4 is 17.7 Å². The van der Waals surface area contributed by atoms with E-state index in [1.165, 1.54) is 32.1 Å². The summed E-state index contributed by atoms with van der Waals surface area (Å²) in [5.41, 5.74) is 1.11. The summed E-state index contributed by atoms with van der Waals surface area (Å²) in [6, 6.07) is 8.06. The maximum Gasteiger partial charge on any atom is 0.238 e. The molecule has 4 nitrogen and oxygen atoms in total. The predicted octanol–water partition coefficient (Wildman–Crippen LogP) is 2.68. The van der Waals surface area contributed by atoms with Crippen LogP contribution in [-0.2, 0) is 11.3 Å². The average molecular weight is 320 g/mol. The lowest BCUT2D eigenvalue weighted by atomic mass is 9.98. The van der Waals surface area contributed by atoms with Gasteiger partial charge in [0.05, 0.1) is 12.1 Å². The van der Waals surface area contributed by atoms with E-state index in [9.17, 15) is 4.79 Å². The number of carbonyl (C=O) groups is 1. The highest BCUT2D eigenvalue weighted by Crippen LogP contribution is 2.23. The van der Waals surface area contributed by atoms with Gasteiger partial charge >= 0.3 is 0 Å². The second-order valence-electron chi connectivity index (χ2n) is 6.01. The first-order chi connectivity index (χ1) is 10.8. The van der Waals surface area contributed by atoms with E-state index in [0.717, 1.165) is 22.9 Å². The molecule has 1 unspecified atom stereocenters. The highest BCUT2D eigenvalue weighted by Gasteiger charge is 2.21. The van der Waals surface area contributed by atoms with Crippen molar-refractivity contribution in [1.82, 2.24) is 10.6 Å². The van der Waals surface area contributed by atoms with Crippen LogP contribution in [0, 0.1) is 0 Å². The molecule has 2 aliphatic rings. The topological polar surface area (TPSA) is 50.4 Å². The van der Waals surface area contributed by atoms with Gasteiger partial charge in [0.15, 0.2) is 0 Å². The maximum atomic E-state index is 11.9. The Morgan fingerprint density at radius 3 is 2.68 bits per heavy atom. The smallest absolute Gasteiger partial charge is 0.238 e. The van der Waals surface area contributed by atoms with Gasteiger partial charge in [0.1, 0.15) is 5.75 Å². The summed E-state index contributed by atoms with van der Waals surface area (Å²) in [7, 11) is 0. The van der Waals surface area contributed by atoms with Crippen LogP contribution in [0.3, 0.4) is 0 Å². The molecule has 2 fully saturated rings. The van der Waals surface area contributed by atoms with Gasteiger partial charge in [-0.25, -0.2) is 0 Å². The first kappa shape index (κ1) is 15.7. The Labute approximate surface area is 136 Å². The zero-order valence-electron chi connectivity index (χ0n) is 12.8. The van der Waals surface area contributed by atoms with E-state index in [2.05, 4.69) is 10.6 Å². The summed E-state index contributed by atoms with van der Waals surface area (Å²) >= 11 is 1.76. The first-order valence-corrected chi connectivity index (χ1v) is 9.31. The molecule has 0 spiro atoms. The van der Waals surface area contributed by atoms with Gasteiger partial charge in [0.2, 0.25) is 5.91 Å². The van der Waals surface area contributed by atoms with Crippen molar-refractivity contribution in [3.63, 3.8) is 0 Å². The van der Waals surface area contributed by atoms with E-state index in [1.54, 1.807) is 11.8 Å². The van der Waals surface area contributed by atoms with E-state index >= 15 is 0 Å².